The molecule has 7 nitrogen and oxygen atoms in total. The van der Waals surface area contributed by atoms with Gasteiger partial charge in [-0.2, -0.15) is 0 Å². The number of rotatable bonds is 6. The number of methoxy groups -OCH3 is 1. The van der Waals surface area contributed by atoms with E-state index in [1.54, 1.807) is 12.1 Å². The van der Waals surface area contributed by atoms with Crippen LogP contribution in [0.1, 0.15) is 23.3 Å². The van der Waals surface area contributed by atoms with Gasteiger partial charge in [-0.3, -0.25) is 4.79 Å². The van der Waals surface area contributed by atoms with Gasteiger partial charge in [0.25, 0.3) is 5.91 Å². The fourth-order valence-corrected chi connectivity index (χ4v) is 3.94. The largest absolute Gasteiger partial charge is 0.496 e. The summed E-state index contributed by atoms with van der Waals surface area (Å²) in [6, 6.07) is 10.1. The summed E-state index contributed by atoms with van der Waals surface area (Å²) in [5.41, 5.74) is 6.95. The van der Waals surface area contributed by atoms with Gasteiger partial charge in [-0.15, -0.1) is 0 Å². The molecule has 2 aromatic carbocycles. The molecular weight excluding hydrogens is 416 g/mol. The van der Waals surface area contributed by atoms with E-state index >= 15 is 0 Å². The summed E-state index contributed by atoms with van der Waals surface area (Å²) in [5.74, 6) is -1.37. The maximum Gasteiger partial charge on any atom is 0.274 e. The third-order valence-electron chi connectivity index (χ3n) is 5.47. The van der Waals surface area contributed by atoms with Crippen LogP contribution in [0.25, 0.3) is 11.4 Å². The van der Waals surface area contributed by atoms with Gasteiger partial charge >= 0.3 is 0 Å². The molecule has 3 N–H and O–H groups in total. The van der Waals surface area contributed by atoms with E-state index in [1.165, 1.54) is 43.6 Å². The van der Waals surface area contributed by atoms with E-state index in [9.17, 15) is 13.6 Å². The molecule has 0 radical (unpaired) electrons. The molecule has 166 valence electrons. The first-order valence-corrected chi connectivity index (χ1v) is 10.3. The smallest absolute Gasteiger partial charge is 0.274 e. The zero-order valence-electron chi connectivity index (χ0n) is 17.5. The van der Waals surface area contributed by atoms with Crippen LogP contribution in [-0.2, 0) is 0 Å². The van der Waals surface area contributed by atoms with Crippen molar-refractivity contribution in [3.63, 3.8) is 0 Å². The van der Waals surface area contributed by atoms with Crippen LogP contribution in [0, 0.1) is 11.6 Å². The maximum absolute atomic E-state index is 14.4. The van der Waals surface area contributed by atoms with Crippen LogP contribution in [0.3, 0.4) is 0 Å². The Morgan fingerprint density at radius 3 is 2.91 bits per heavy atom. The van der Waals surface area contributed by atoms with E-state index < -0.39 is 17.5 Å². The van der Waals surface area contributed by atoms with E-state index in [4.69, 9.17) is 10.5 Å². The molecule has 1 saturated heterocycles. The lowest BCUT2D eigenvalue weighted by atomic mass is 10.1. The van der Waals surface area contributed by atoms with E-state index in [1.807, 2.05) is 0 Å². The number of amides is 1. The van der Waals surface area contributed by atoms with Crippen molar-refractivity contribution in [1.29, 1.82) is 0 Å². The average Bonchev–Trinajstić information content (AvgIpc) is 3.27. The highest BCUT2D eigenvalue weighted by atomic mass is 19.1. The fraction of sp³-hybridized carbons (Fsp3) is 0.261. The highest BCUT2D eigenvalue weighted by Gasteiger charge is 2.26. The zero-order valence-corrected chi connectivity index (χ0v) is 17.5. The second-order valence-corrected chi connectivity index (χ2v) is 7.42. The molecule has 1 aliphatic heterocycles. The van der Waals surface area contributed by atoms with Crippen molar-refractivity contribution in [1.82, 2.24) is 9.97 Å². The van der Waals surface area contributed by atoms with Crippen molar-refractivity contribution >= 4 is 17.3 Å². The van der Waals surface area contributed by atoms with Crippen LogP contribution < -0.4 is 20.7 Å². The summed E-state index contributed by atoms with van der Waals surface area (Å²) in [6.45, 7) is 1.23. The van der Waals surface area contributed by atoms with E-state index in [0.717, 1.165) is 19.4 Å². The topological polar surface area (TPSA) is 93.4 Å². The zero-order chi connectivity index (χ0) is 22.7. The molecule has 0 aliphatic carbocycles. The van der Waals surface area contributed by atoms with Gasteiger partial charge in [0.15, 0.2) is 5.82 Å². The van der Waals surface area contributed by atoms with Crippen molar-refractivity contribution in [2.45, 2.75) is 18.9 Å². The first-order valence-electron chi connectivity index (χ1n) is 10.3. The molecule has 1 amide bonds. The molecular formula is C23H23F2N5O2. The lowest BCUT2D eigenvalue weighted by Gasteiger charge is -2.28. The Kier molecular flexibility index (Phi) is 6.27. The van der Waals surface area contributed by atoms with Gasteiger partial charge in [0, 0.05) is 25.3 Å². The third-order valence-corrected chi connectivity index (χ3v) is 5.47. The van der Waals surface area contributed by atoms with Gasteiger partial charge in [0.2, 0.25) is 0 Å². The monoisotopic (exact) mass is 439 g/mol. The number of nitrogens with one attached hydrogen (secondary N) is 1. The summed E-state index contributed by atoms with van der Waals surface area (Å²) in [6.07, 6.45) is 3.26. The highest BCUT2D eigenvalue weighted by molar-refractivity contribution is 6.05. The summed E-state index contributed by atoms with van der Waals surface area (Å²) >= 11 is 0. The second kappa shape index (κ2) is 9.27. The highest BCUT2D eigenvalue weighted by Crippen LogP contribution is 2.33. The van der Waals surface area contributed by atoms with Crippen molar-refractivity contribution < 1.29 is 18.3 Å². The predicted molar refractivity (Wildman–Crippen MR) is 118 cm³/mol. The van der Waals surface area contributed by atoms with E-state index in [0.29, 0.717) is 17.9 Å². The van der Waals surface area contributed by atoms with Crippen LogP contribution in [-0.4, -0.2) is 42.1 Å². The van der Waals surface area contributed by atoms with Gasteiger partial charge < -0.3 is 20.7 Å². The first kappa shape index (κ1) is 21.6. The Bertz CT molecular complexity index is 1140. The molecule has 0 spiro atoms. The molecule has 3 aromatic rings. The van der Waals surface area contributed by atoms with E-state index in [-0.39, 0.29) is 28.9 Å². The molecule has 0 unspecified atom stereocenters. The number of halogens is 2. The minimum Gasteiger partial charge on any atom is -0.496 e. The molecule has 9 heteroatoms. The number of carbonyl (C=O) groups is 1. The Morgan fingerprint density at radius 1 is 1.28 bits per heavy atom. The van der Waals surface area contributed by atoms with Crippen LogP contribution in [0.5, 0.6) is 5.75 Å². The third kappa shape index (κ3) is 4.24. The summed E-state index contributed by atoms with van der Waals surface area (Å²) in [7, 11) is 1.41. The van der Waals surface area contributed by atoms with Crippen molar-refractivity contribution in [2.24, 2.45) is 5.73 Å². The fourth-order valence-electron chi connectivity index (χ4n) is 3.94. The van der Waals surface area contributed by atoms with Gasteiger partial charge in [-0.05, 0) is 49.2 Å². The summed E-state index contributed by atoms with van der Waals surface area (Å²) in [5, 5.41) is 2.73. The number of carbonyl (C=O) groups excluding carboxylic acids is 1. The second-order valence-electron chi connectivity index (χ2n) is 7.42. The number of hydrogen-bond acceptors (Lipinski definition) is 6. The van der Waals surface area contributed by atoms with Crippen molar-refractivity contribution in [2.75, 3.05) is 30.4 Å². The Balaban J connectivity index is 1.65. The first-order chi connectivity index (χ1) is 15.5. The molecule has 32 heavy (non-hydrogen) atoms. The number of nitrogens with zero attached hydrogens (tertiary/aromatic N) is 3. The normalized spacial score (nSPS) is 15.6. The van der Waals surface area contributed by atoms with Gasteiger partial charge in [-0.1, -0.05) is 6.07 Å². The molecule has 1 atom stereocenters. The Morgan fingerprint density at radius 2 is 2.12 bits per heavy atom. The standard InChI is InChI=1S/C23H23F2N5O2/c1-32-20-6-2-5-16(25)21(20)22-27-10-9-17(28-22)23(31)29-18-12-14(24)7-8-19(18)30-11-3-4-15(30)13-26/h2,5-10,12,15H,3-4,11,13,26H2,1H3,(H,29,31)/t15-/m1/s1. The minimum absolute atomic E-state index is 0.00677. The molecule has 0 bridgehead atoms. The van der Waals surface area contributed by atoms with Crippen LogP contribution in [0.15, 0.2) is 48.7 Å². The predicted octanol–water partition coefficient (Wildman–Crippen LogP) is 3.61. The van der Waals surface area contributed by atoms with E-state index in [2.05, 4.69) is 20.2 Å². The average molecular weight is 439 g/mol. The number of ether oxygens (including phenoxy) is 1. The lowest BCUT2D eigenvalue weighted by Crippen LogP contribution is -2.36. The van der Waals surface area contributed by atoms with Gasteiger partial charge in [0.05, 0.1) is 24.0 Å². The molecule has 1 fully saturated rings. The number of nitrogens with two attached hydrogens (primary N) is 1. The minimum atomic E-state index is -0.573. The molecule has 2 heterocycles. The number of hydrogen-bond donors (Lipinski definition) is 2. The molecule has 1 aliphatic rings. The summed E-state index contributed by atoms with van der Waals surface area (Å²) in [4.78, 5) is 23.4. The van der Waals surface area contributed by atoms with Crippen LogP contribution in [0.2, 0.25) is 0 Å². The molecule has 0 saturated carbocycles. The summed E-state index contributed by atoms with van der Waals surface area (Å²) < 4.78 is 33.6. The maximum atomic E-state index is 14.4. The molecule has 1 aromatic heterocycles. The number of anilines is 2. The van der Waals surface area contributed by atoms with Crippen LogP contribution in [0.4, 0.5) is 20.2 Å². The Hall–Kier alpha value is -3.59. The Labute approximate surface area is 184 Å². The van der Waals surface area contributed by atoms with Crippen LogP contribution >= 0.6 is 0 Å². The van der Waals surface area contributed by atoms with Crippen molar-refractivity contribution in [3.05, 3.63) is 66.0 Å². The van der Waals surface area contributed by atoms with Crippen molar-refractivity contribution in [3.8, 4) is 17.1 Å². The number of aromatic nitrogens is 2. The number of benzene rings is 2. The van der Waals surface area contributed by atoms with Gasteiger partial charge in [-0.25, -0.2) is 18.7 Å². The SMILES string of the molecule is COc1cccc(F)c1-c1nccc(C(=O)Nc2cc(F)ccc2N2CCC[C@@H]2CN)n1. The molecule has 4 rings (SSSR count). The quantitative estimate of drug-likeness (QED) is 0.610. The van der Waals surface area contributed by atoms with Gasteiger partial charge in [0.1, 0.15) is 23.1 Å². The lowest BCUT2D eigenvalue weighted by molar-refractivity contribution is 0.102.